The zero-order chi connectivity index (χ0) is 19.7. The summed E-state index contributed by atoms with van der Waals surface area (Å²) in [6, 6.07) is 12.2. The maximum Gasteiger partial charge on any atom is 0.309 e. The summed E-state index contributed by atoms with van der Waals surface area (Å²) < 4.78 is 28.3. The van der Waals surface area contributed by atoms with E-state index < -0.39 is 33.8 Å². The van der Waals surface area contributed by atoms with Gasteiger partial charge in [0.25, 0.3) is 5.91 Å². The number of aliphatic hydroxyl groups is 1. The normalized spacial score (nSPS) is 18.7. The summed E-state index contributed by atoms with van der Waals surface area (Å²) in [5.74, 6) is -1.10. The summed E-state index contributed by atoms with van der Waals surface area (Å²) in [7, 11) is -3.66. The van der Waals surface area contributed by atoms with Gasteiger partial charge in [0.1, 0.15) is 5.75 Å². The molecule has 0 saturated heterocycles. The highest BCUT2D eigenvalue weighted by atomic mass is 32.2. The molecule has 0 radical (unpaired) electrons. The van der Waals surface area contributed by atoms with E-state index in [0.717, 1.165) is 0 Å². The molecule has 1 aliphatic rings. The van der Waals surface area contributed by atoms with Crippen LogP contribution in [-0.2, 0) is 20.5 Å². The van der Waals surface area contributed by atoms with Crippen LogP contribution in [0.25, 0.3) is 0 Å². The van der Waals surface area contributed by atoms with Crippen molar-refractivity contribution < 1.29 is 27.3 Å². The van der Waals surface area contributed by atoms with Crippen molar-refractivity contribution in [2.45, 2.75) is 25.4 Å². The van der Waals surface area contributed by atoms with Crippen molar-refractivity contribution in [1.29, 1.82) is 0 Å². The number of rotatable bonds is 7. The van der Waals surface area contributed by atoms with Gasteiger partial charge in [-0.2, -0.15) is 8.42 Å². The number of carbonyl (C=O) groups excluding carboxylic acids is 2. The van der Waals surface area contributed by atoms with Crippen molar-refractivity contribution in [2.24, 2.45) is 0 Å². The van der Waals surface area contributed by atoms with Crippen LogP contribution in [0.2, 0.25) is 0 Å². The first-order valence-electron chi connectivity index (χ1n) is 8.44. The van der Waals surface area contributed by atoms with E-state index in [1.165, 1.54) is 24.3 Å². The average Bonchev–Trinajstić information content (AvgIpc) is 2.86. The fraction of sp³-hybridized carbons (Fsp3) is 0.263. The van der Waals surface area contributed by atoms with Gasteiger partial charge in [-0.05, 0) is 36.8 Å². The summed E-state index contributed by atoms with van der Waals surface area (Å²) in [6.07, 6.45) is 0.00517. The van der Waals surface area contributed by atoms with Gasteiger partial charge in [-0.15, -0.1) is 0 Å². The van der Waals surface area contributed by atoms with Crippen molar-refractivity contribution >= 4 is 27.5 Å². The van der Waals surface area contributed by atoms with Crippen LogP contribution in [0.1, 0.15) is 35.7 Å². The van der Waals surface area contributed by atoms with Crippen LogP contribution in [0.5, 0.6) is 5.75 Å². The maximum absolute atomic E-state index is 12.6. The van der Waals surface area contributed by atoms with Crippen LogP contribution in [0, 0.1) is 0 Å². The van der Waals surface area contributed by atoms with E-state index in [1.54, 1.807) is 31.2 Å². The van der Waals surface area contributed by atoms with E-state index in [2.05, 4.69) is 5.32 Å². The van der Waals surface area contributed by atoms with Crippen LogP contribution in [0.3, 0.4) is 0 Å². The predicted octanol–water partition coefficient (Wildman–Crippen LogP) is 2.22. The molecule has 2 aromatic rings. The lowest BCUT2D eigenvalue weighted by Crippen LogP contribution is -2.36. The van der Waals surface area contributed by atoms with E-state index in [9.17, 15) is 23.1 Å². The molecule has 1 heterocycles. The molecule has 0 saturated carbocycles. The first-order chi connectivity index (χ1) is 12.7. The van der Waals surface area contributed by atoms with Crippen LogP contribution in [0.4, 0.5) is 5.69 Å². The predicted molar refractivity (Wildman–Crippen MR) is 99.1 cm³/mol. The number of carbonyl (C=O) groups is 2. The van der Waals surface area contributed by atoms with Crippen LogP contribution >= 0.6 is 0 Å². The molecule has 27 heavy (non-hydrogen) atoms. The molecular formula is C19H19NO6S. The summed E-state index contributed by atoms with van der Waals surface area (Å²) in [5, 5.41) is 13.3. The van der Waals surface area contributed by atoms with Crippen molar-refractivity contribution in [3.8, 4) is 5.75 Å². The molecule has 0 aromatic heterocycles. The lowest BCUT2D eigenvalue weighted by atomic mass is 9.88. The largest absolute Gasteiger partial charge is 0.382 e. The number of ketones is 1. The molecule has 142 valence electrons. The van der Waals surface area contributed by atoms with Crippen LogP contribution < -0.4 is 9.50 Å². The van der Waals surface area contributed by atoms with Crippen molar-refractivity contribution in [2.75, 3.05) is 11.1 Å². The number of nitrogens with one attached hydrogen (secondary N) is 1. The molecule has 1 aliphatic heterocycles. The smallest absolute Gasteiger partial charge is 0.309 e. The first-order valence-corrected chi connectivity index (χ1v) is 10.0. The average molecular weight is 389 g/mol. The van der Waals surface area contributed by atoms with Crippen molar-refractivity contribution in [1.82, 2.24) is 0 Å². The fourth-order valence-corrected chi connectivity index (χ4v) is 3.93. The minimum absolute atomic E-state index is 0.0997. The van der Waals surface area contributed by atoms with Crippen molar-refractivity contribution in [3.05, 3.63) is 59.7 Å². The van der Waals surface area contributed by atoms with Gasteiger partial charge in [-0.25, -0.2) is 0 Å². The van der Waals surface area contributed by atoms with E-state index in [0.29, 0.717) is 17.7 Å². The molecule has 3 rings (SSSR count). The highest BCUT2D eigenvalue weighted by molar-refractivity contribution is 7.87. The molecule has 1 amide bonds. The quantitative estimate of drug-likeness (QED) is 0.555. The SMILES string of the molecule is CCCS(=O)(=O)Oc1ccc(C(=O)CC2(O)C(=O)Nc3ccccc32)cc1. The highest BCUT2D eigenvalue weighted by Crippen LogP contribution is 2.38. The highest BCUT2D eigenvalue weighted by Gasteiger charge is 2.46. The Hall–Kier alpha value is -2.71. The first kappa shape index (κ1) is 19.1. The summed E-state index contributed by atoms with van der Waals surface area (Å²) in [4.78, 5) is 24.8. The molecule has 7 nitrogen and oxygen atoms in total. The Balaban J connectivity index is 1.76. The second-order valence-corrected chi connectivity index (χ2v) is 8.02. The van der Waals surface area contributed by atoms with E-state index in [1.807, 2.05) is 0 Å². The summed E-state index contributed by atoms with van der Waals surface area (Å²) in [5.41, 5.74) is -0.870. The molecule has 8 heteroatoms. The summed E-state index contributed by atoms with van der Waals surface area (Å²) in [6.45, 7) is 1.73. The molecule has 1 atom stereocenters. The Morgan fingerprint density at radius 2 is 1.81 bits per heavy atom. The van der Waals surface area contributed by atoms with Gasteiger partial charge in [-0.3, -0.25) is 9.59 Å². The monoisotopic (exact) mass is 389 g/mol. The number of anilines is 1. The van der Waals surface area contributed by atoms with E-state index in [-0.39, 0.29) is 17.1 Å². The second kappa shape index (κ2) is 7.13. The third-order valence-corrected chi connectivity index (χ3v) is 5.62. The van der Waals surface area contributed by atoms with Crippen molar-refractivity contribution in [3.63, 3.8) is 0 Å². The number of para-hydroxylation sites is 1. The zero-order valence-electron chi connectivity index (χ0n) is 14.6. The maximum atomic E-state index is 12.6. The Bertz CT molecular complexity index is 984. The van der Waals surface area contributed by atoms with Gasteiger partial charge >= 0.3 is 10.1 Å². The van der Waals surface area contributed by atoms with Gasteiger partial charge < -0.3 is 14.6 Å². The molecule has 1 unspecified atom stereocenters. The van der Waals surface area contributed by atoms with Gasteiger partial charge in [0, 0.05) is 16.8 Å². The molecule has 0 bridgehead atoms. The third-order valence-electron chi connectivity index (χ3n) is 4.27. The van der Waals surface area contributed by atoms with Crippen LogP contribution in [-0.4, -0.2) is 31.0 Å². The Kier molecular flexibility index (Phi) is 5.03. The molecule has 2 aromatic carbocycles. The van der Waals surface area contributed by atoms with E-state index >= 15 is 0 Å². The fourth-order valence-electron chi connectivity index (χ4n) is 2.95. The minimum atomic E-state index is -3.66. The number of Topliss-reactive ketones (excluding diaryl/α,β-unsaturated/α-hetero) is 1. The standard InChI is InChI=1S/C19H19NO6S/c1-2-11-27(24,25)26-14-9-7-13(8-10-14)17(21)12-19(23)15-5-3-4-6-16(15)20-18(19)22/h3-10,23H,2,11-12H2,1H3,(H,20,22). The van der Waals surface area contributed by atoms with Gasteiger partial charge in [-0.1, -0.05) is 25.1 Å². The van der Waals surface area contributed by atoms with E-state index in [4.69, 9.17) is 4.18 Å². The number of benzene rings is 2. The topological polar surface area (TPSA) is 110 Å². The molecule has 0 spiro atoms. The molecule has 0 fully saturated rings. The van der Waals surface area contributed by atoms with Gasteiger partial charge in [0.05, 0.1) is 12.2 Å². The molecule has 0 aliphatic carbocycles. The minimum Gasteiger partial charge on any atom is -0.382 e. The number of amides is 1. The number of hydrogen-bond donors (Lipinski definition) is 2. The molecule has 2 N–H and O–H groups in total. The number of fused-ring (bicyclic) bond motifs is 1. The Morgan fingerprint density at radius 1 is 1.15 bits per heavy atom. The van der Waals surface area contributed by atoms with Crippen LogP contribution in [0.15, 0.2) is 48.5 Å². The second-order valence-electron chi connectivity index (χ2n) is 6.33. The lowest BCUT2D eigenvalue weighted by Gasteiger charge is -2.20. The Labute approximate surface area is 157 Å². The van der Waals surface area contributed by atoms with Gasteiger partial charge in [0.2, 0.25) is 0 Å². The molecular weight excluding hydrogens is 370 g/mol. The lowest BCUT2D eigenvalue weighted by molar-refractivity contribution is -0.133. The van der Waals surface area contributed by atoms with Gasteiger partial charge in [0.15, 0.2) is 11.4 Å². The summed E-state index contributed by atoms with van der Waals surface area (Å²) >= 11 is 0. The third kappa shape index (κ3) is 3.86. The zero-order valence-corrected chi connectivity index (χ0v) is 15.5. The Morgan fingerprint density at radius 3 is 2.48 bits per heavy atom. The number of hydrogen-bond acceptors (Lipinski definition) is 6.